The first-order valence-corrected chi connectivity index (χ1v) is 3.32. The van der Waals surface area contributed by atoms with Crippen molar-refractivity contribution in [2.75, 3.05) is 11.4 Å². The van der Waals surface area contributed by atoms with Gasteiger partial charge in [-0.2, -0.15) is 5.26 Å². The maximum atomic E-state index is 8.58. The number of anilines is 1. The predicted molar refractivity (Wildman–Crippen MR) is 40.7 cm³/mol. The summed E-state index contributed by atoms with van der Waals surface area (Å²) in [5.41, 5.74) is 0. The van der Waals surface area contributed by atoms with Gasteiger partial charge in [0.25, 0.3) is 0 Å². The third-order valence-electron chi connectivity index (χ3n) is 1.23. The molecule has 0 atom stereocenters. The van der Waals surface area contributed by atoms with Gasteiger partial charge in [0, 0.05) is 18.9 Å². The minimum Gasteiger partial charge on any atom is -0.247 e. The molecule has 0 N–H and O–H groups in total. The SMILES string of the molecule is CCN(C#N)c1ncccn1. The molecule has 0 unspecified atom stereocenters. The summed E-state index contributed by atoms with van der Waals surface area (Å²) in [7, 11) is 0. The normalized spacial score (nSPS) is 8.73. The fourth-order valence-electron chi connectivity index (χ4n) is 0.687. The van der Waals surface area contributed by atoms with Crippen molar-refractivity contribution in [3.8, 4) is 6.19 Å². The van der Waals surface area contributed by atoms with Crippen LogP contribution in [0.1, 0.15) is 6.92 Å². The molecule has 4 nitrogen and oxygen atoms in total. The fraction of sp³-hybridized carbons (Fsp3) is 0.286. The zero-order chi connectivity index (χ0) is 8.10. The molecule has 1 heterocycles. The second-order valence-electron chi connectivity index (χ2n) is 1.89. The second-order valence-corrected chi connectivity index (χ2v) is 1.89. The highest BCUT2D eigenvalue weighted by Gasteiger charge is 2.02. The Morgan fingerprint density at radius 1 is 1.55 bits per heavy atom. The maximum absolute atomic E-state index is 8.58. The van der Waals surface area contributed by atoms with E-state index in [9.17, 15) is 0 Å². The first kappa shape index (κ1) is 7.48. The zero-order valence-electron chi connectivity index (χ0n) is 6.23. The summed E-state index contributed by atoms with van der Waals surface area (Å²) < 4.78 is 0. The minimum absolute atomic E-state index is 0.456. The number of nitriles is 1. The third-order valence-corrected chi connectivity index (χ3v) is 1.23. The van der Waals surface area contributed by atoms with E-state index in [0.717, 1.165) is 0 Å². The topological polar surface area (TPSA) is 52.8 Å². The van der Waals surface area contributed by atoms with Crippen molar-refractivity contribution in [3.05, 3.63) is 18.5 Å². The van der Waals surface area contributed by atoms with Crippen molar-refractivity contribution in [1.29, 1.82) is 5.26 Å². The van der Waals surface area contributed by atoms with Crippen LogP contribution in [0, 0.1) is 11.5 Å². The highest BCUT2D eigenvalue weighted by atomic mass is 15.2. The summed E-state index contributed by atoms with van der Waals surface area (Å²) in [5, 5.41) is 8.58. The summed E-state index contributed by atoms with van der Waals surface area (Å²) in [6, 6.07) is 1.72. The number of nitrogens with zero attached hydrogens (tertiary/aromatic N) is 4. The van der Waals surface area contributed by atoms with E-state index >= 15 is 0 Å². The first-order chi connectivity index (χ1) is 5.38. The van der Waals surface area contributed by atoms with Crippen LogP contribution in [0.3, 0.4) is 0 Å². The van der Waals surface area contributed by atoms with Crippen molar-refractivity contribution in [3.63, 3.8) is 0 Å². The van der Waals surface area contributed by atoms with E-state index in [0.29, 0.717) is 12.5 Å². The van der Waals surface area contributed by atoms with Crippen molar-refractivity contribution < 1.29 is 0 Å². The Kier molecular flexibility index (Phi) is 2.39. The Labute approximate surface area is 65.1 Å². The lowest BCUT2D eigenvalue weighted by molar-refractivity contribution is 0.948. The molecule has 0 aromatic carbocycles. The summed E-state index contributed by atoms with van der Waals surface area (Å²) in [6.45, 7) is 2.47. The largest absolute Gasteiger partial charge is 0.247 e. The highest BCUT2D eigenvalue weighted by molar-refractivity contribution is 5.34. The number of hydrogen-bond donors (Lipinski definition) is 0. The molecule has 56 valence electrons. The molecule has 0 radical (unpaired) electrons. The van der Waals surface area contributed by atoms with Crippen LogP contribution in [-0.2, 0) is 0 Å². The van der Waals surface area contributed by atoms with Crippen LogP contribution in [-0.4, -0.2) is 16.5 Å². The molecule has 0 saturated carbocycles. The van der Waals surface area contributed by atoms with E-state index in [1.54, 1.807) is 18.5 Å². The molecule has 1 aromatic rings. The molecule has 11 heavy (non-hydrogen) atoms. The smallest absolute Gasteiger partial charge is 0.238 e. The van der Waals surface area contributed by atoms with Gasteiger partial charge in [-0.15, -0.1) is 0 Å². The number of aromatic nitrogens is 2. The number of rotatable bonds is 2. The van der Waals surface area contributed by atoms with Gasteiger partial charge < -0.3 is 0 Å². The molecule has 0 amide bonds. The van der Waals surface area contributed by atoms with E-state index in [-0.39, 0.29) is 0 Å². The van der Waals surface area contributed by atoms with Gasteiger partial charge in [-0.25, -0.2) is 14.9 Å². The van der Waals surface area contributed by atoms with Crippen molar-refractivity contribution in [1.82, 2.24) is 9.97 Å². The van der Waals surface area contributed by atoms with Crippen molar-refractivity contribution in [2.24, 2.45) is 0 Å². The Balaban J connectivity index is 2.85. The van der Waals surface area contributed by atoms with E-state index in [1.165, 1.54) is 4.90 Å². The van der Waals surface area contributed by atoms with E-state index < -0.39 is 0 Å². The van der Waals surface area contributed by atoms with Crippen LogP contribution in [0.4, 0.5) is 5.95 Å². The monoisotopic (exact) mass is 148 g/mol. The Bertz CT molecular complexity index is 251. The molecule has 0 bridgehead atoms. The molecular weight excluding hydrogens is 140 g/mol. The van der Waals surface area contributed by atoms with Crippen LogP contribution < -0.4 is 4.90 Å². The lowest BCUT2D eigenvalue weighted by Gasteiger charge is -2.08. The predicted octanol–water partition coefficient (Wildman–Crippen LogP) is 0.784. The molecular formula is C7H8N4. The maximum Gasteiger partial charge on any atom is 0.238 e. The molecule has 0 aliphatic heterocycles. The van der Waals surface area contributed by atoms with E-state index in [1.807, 2.05) is 13.1 Å². The van der Waals surface area contributed by atoms with Gasteiger partial charge >= 0.3 is 0 Å². The summed E-state index contributed by atoms with van der Waals surface area (Å²) in [5.74, 6) is 0.456. The fourth-order valence-corrected chi connectivity index (χ4v) is 0.687. The average molecular weight is 148 g/mol. The van der Waals surface area contributed by atoms with Gasteiger partial charge in [0.15, 0.2) is 6.19 Å². The van der Waals surface area contributed by atoms with Gasteiger partial charge in [0.1, 0.15) is 0 Å². The summed E-state index contributed by atoms with van der Waals surface area (Å²) in [4.78, 5) is 9.24. The lowest BCUT2D eigenvalue weighted by atomic mass is 10.6. The van der Waals surface area contributed by atoms with Crippen LogP contribution in [0.25, 0.3) is 0 Å². The summed E-state index contributed by atoms with van der Waals surface area (Å²) in [6.07, 6.45) is 5.20. The van der Waals surface area contributed by atoms with Crippen molar-refractivity contribution in [2.45, 2.75) is 6.92 Å². The van der Waals surface area contributed by atoms with E-state index in [2.05, 4.69) is 9.97 Å². The molecule has 0 saturated heterocycles. The van der Waals surface area contributed by atoms with E-state index in [4.69, 9.17) is 5.26 Å². The molecule has 1 rings (SSSR count). The van der Waals surface area contributed by atoms with Crippen LogP contribution in [0.15, 0.2) is 18.5 Å². The molecule has 4 heteroatoms. The Morgan fingerprint density at radius 2 is 2.18 bits per heavy atom. The molecule has 0 fully saturated rings. The first-order valence-electron chi connectivity index (χ1n) is 3.32. The third kappa shape index (κ3) is 1.64. The van der Waals surface area contributed by atoms with Gasteiger partial charge in [0.2, 0.25) is 5.95 Å². The Morgan fingerprint density at radius 3 is 2.64 bits per heavy atom. The highest BCUT2D eigenvalue weighted by Crippen LogP contribution is 2.01. The standard InChI is InChI=1S/C7H8N4/c1-2-11(6-8)7-9-4-3-5-10-7/h3-5H,2H2,1H3. The van der Waals surface area contributed by atoms with Gasteiger partial charge in [-0.05, 0) is 13.0 Å². The number of hydrogen-bond acceptors (Lipinski definition) is 4. The van der Waals surface area contributed by atoms with Gasteiger partial charge in [0.05, 0.1) is 0 Å². The van der Waals surface area contributed by atoms with Crippen LogP contribution >= 0.6 is 0 Å². The minimum atomic E-state index is 0.456. The van der Waals surface area contributed by atoms with Crippen molar-refractivity contribution >= 4 is 5.95 Å². The van der Waals surface area contributed by atoms with Gasteiger partial charge in [-0.1, -0.05) is 0 Å². The van der Waals surface area contributed by atoms with Crippen LogP contribution in [0.2, 0.25) is 0 Å². The average Bonchev–Trinajstić information content (AvgIpc) is 2.09. The molecule has 1 aromatic heterocycles. The molecule has 0 aliphatic rings. The zero-order valence-corrected chi connectivity index (χ0v) is 6.23. The lowest BCUT2D eigenvalue weighted by Crippen LogP contribution is -2.17. The summed E-state index contributed by atoms with van der Waals surface area (Å²) >= 11 is 0. The molecule has 0 aliphatic carbocycles. The van der Waals surface area contributed by atoms with Crippen LogP contribution in [0.5, 0.6) is 0 Å². The molecule has 0 spiro atoms. The van der Waals surface area contributed by atoms with Gasteiger partial charge in [-0.3, -0.25) is 0 Å². The second kappa shape index (κ2) is 3.52. The quantitative estimate of drug-likeness (QED) is 0.459. The Hall–Kier alpha value is -1.63.